The van der Waals surface area contributed by atoms with Crippen molar-refractivity contribution >= 4 is 11.7 Å². The lowest BCUT2D eigenvalue weighted by Gasteiger charge is -2.42. The van der Waals surface area contributed by atoms with Crippen LogP contribution in [0.5, 0.6) is 0 Å². The van der Waals surface area contributed by atoms with E-state index in [-0.39, 0.29) is 5.92 Å². The summed E-state index contributed by atoms with van der Waals surface area (Å²) in [7, 11) is 0. The zero-order valence-corrected chi connectivity index (χ0v) is 17.7. The summed E-state index contributed by atoms with van der Waals surface area (Å²) in [5, 5.41) is 3.21. The van der Waals surface area contributed by atoms with Gasteiger partial charge in [-0.05, 0) is 52.0 Å². The summed E-state index contributed by atoms with van der Waals surface area (Å²) in [5.41, 5.74) is 1.05. The fourth-order valence-corrected chi connectivity index (χ4v) is 4.55. The second-order valence-electron chi connectivity index (χ2n) is 9.22. The number of nitrogens with zero attached hydrogens (tertiary/aromatic N) is 4. The van der Waals surface area contributed by atoms with Gasteiger partial charge in [-0.15, -0.1) is 0 Å². The summed E-state index contributed by atoms with van der Waals surface area (Å²) in [6.45, 7) is 10.5. The third-order valence-corrected chi connectivity index (χ3v) is 6.43. The Bertz CT molecular complexity index is 694. The smallest absolute Gasteiger partial charge is 0.224 e. The van der Waals surface area contributed by atoms with E-state index < -0.39 is 0 Å². The molecule has 0 radical (unpaired) electrons. The molecule has 0 aromatic carbocycles. The van der Waals surface area contributed by atoms with Crippen molar-refractivity contribution in [2.24, 2.45) is 5.92 Å². The van der Waals surface area contributed by atoms with Crippen LogP contribution in [0.25, 0.3) is 0 Å². The highest BCUT2D eigenvalue weighted by atomic mass is 16.2. The molecule has 2 saturated heterocycles. The molecule has 1 saturated carbocycles. The largest absolute Gasteiger partial charge is 0.356 e. The molecule has 0 spiro atoms. The third-order valence-electron chi connectivity index (χ3n) is 6.43. The highest BCUT2D eigenvalue weighted by Gasteiger charge is 2.34. The summed E-state index contributed by atoms with van der Waals surface area (Å²) in [4.78, 5) is 26.9. The standard InChI is InChI=1S/C22H35N5O/c1-15(2)21-23-16(3)13-20(25-21)26-11-8-19(9-12-26)27-10-4-5-17(14-27)22(28)24-18-6-7-18/h13,15,17-19H,4-12,14H2,1-3H3,(H,24,28)/t17-/m0/s1. The van der Waals surface area contributed by atoms with Gasteiger partial charge in [0.15, 0.2) is 0 Å². The number of nitrogens with one attached hydrogen (secondary N) is 1. The van der Waals surface area contributed by atoms with Crippen molar-refractivity contribution in [1.29, 1.82) is 0 Å². The number of anilines is 1. The van der Waals surface area contributed by atoms with Crippen molar-refractivity contribution in [3.05, 3.63) is 17.6 Å². The van der Waals surface area contributed by atoms with Crippen molar-refractivity contribution in [2.75, 3.05) is 31.1 Å². The number of amides is 1. The second kappa shape index (κ2) is 8.36. The first-order valence-electron chi connectivity index (χ1n) is 11.1. The Labute approximate surface area is 169 Å². The van der Waals surface area contributed by atoms with Gasteiger partial charge in [-0.2, -0.15) is 0 Å². The summed E-state index contributed by atoms with van der Waals surface area (Å²) < 4.78 is 0. The normalized spacial score (nSPS) is 24.6. The lowest BCUT2D eigenvalue weighted by Crippen LogP contribution is -2.51. The molecule has 2 aliphatic heterocycles. The molecular formula is C22H35N5O. The minimum atomic E-state index is 0.186. The van der Waals surface area contributed by atoms with E-state index >= 15 is 0 Å². The first-order chi connectivity index (χ1) is 13.5. The van der Waals surface area contributed by atoms with Crippen LogP contribution in [0.1, 0.15) is 69.8 Å². The van der Waals surface area contributed by atoms with Crippen molar-refractivity contribution in [3.63, 3.8) is 0 Å². The molecule has 3 fully saturated rings. The van der Waals surface area contributed by atoms with Gasteiger partial charge >= 0.3 is 0 Å². The highest BCUT2D eigenvalue weighted by Crippen LogP contribution is 2.27. The molecule has 3 heterocycles. The maximum atomic E-state index is 12.5. The predicted octanol–water partition coefficient (Wildman–Crippen LogP) is 2.87. The van der Waals surface area contributed by atoms with Crippen LogP contribution in [-0.4, -0.2) is 59.0 Å². The molecule has 6 heteroatoms. The zero-order valence-electron chi connectivity index (χ0n) is 17.7. The highest BCUT2D eigenvalue weighted by molar-refractivity contribution is 5.79. The van der Waals surface area contributed by atoms with E-state index in [2.05, 4.69) is 46.9 Å². The number of carbonyl (C=O) groups excluding carboxylic acids is 1. The van der Waals surface area contributed by atoms with Gasteiger partial charge in [-0.3, -0.25) is 9.69 Å². The van der Waals surface area contributed by atoms with Gasteiger partial charge in [0.2, 0.25) is 5.91 Å². The third kappa shape index (κ3) is 4.65. The van der Waals surface area contributed by atoms with Crippen LogP contribution in [0.2, 0.25) is 0 Å². The number of aryl methyl sites for hydroxylation is 1. The maximum absolute atomic E-state index is 12.5. The van der Waals surface area contributed by atoms with Crippen LogP contribution in [0.4, 0.5) is 5.82 Å². The van der Waals surface area contributed by atoms with Crippen LogP contribution in [-0.2, 0) is 4.79 Å². The van der Waals surface area contributed by atoms with E-state index in [1.165, 1.54) is 12.8 Å². The first kappa shape index (κ1) is 19.6. The molecule has 1 aromatic heterocycles. The Kier molecular flexibility index (Phi) is 5.85. The fraction of sp³-hybridized carbons (Fsp3) is 0.773. The number of aromatic nitrogens is 2. The summed E-state index contributed by atoms with van der Waals surface area (Å²) >= 11 is 0. The molecule has 6 nitrogen and oxygen atoms in total. The van der Waals surface area contributed by atoms with Gasteiger partial charge in [-0.1, -0.05) is 13.8 Å². The van der Waals surface area contributed by atoms with Crippen molar-refractivity contribution < 1.29 is 4.79 Å². The number of likely N-dealkylation sites (tertiary alicyclic amines) is 1. The Hall–Kier alpha value is -1.69. The molecule has 1 aromatic rings. The average molecular weight is 386 g/mol. The lowest BCUT2D eigenvalue weighted by atomic mass is 9.93. The van der Waals surface area contributed by atoms with Gasteiger partial charge in [-0.25, -0.2) is 9.97 Å². The number of carbonyl (C=O) groups is 1. The minimum Gasteiger partial charge on any atom is -0.356 e. The molecule has 1 amide bonds. The van der Waals surface area contributed by atoms with E-state index in [1.54, 1.807) is 0 Å². The SMILES string of the molecule is Cc1cc(N2CCC(N3CCC[C@H](C(=O)NC4CC4)C3)CC2)nc(C(C)C)n1. The molecule has 4 rings (SSSR count). The van der Waals surface area contributed by atoms with Crippen LogP contribution in [0.15, 0.2) is 6.07 Å². The van der Waals surface area contributed by atoms with Crippen LogP contribution in [0, 0.1) is 12.8 Å². The molecular weight excluding hydrogens is 350 g/mol. The topological polar surface area (TPSA) is 61.4 Å². The zero-order chi connectivity index (χ0) is 19.7. The molecule has 1 N–H and O–H groups in total. The molecule has 0 unspecified atom stereocenters. The lowest BCUT2D eigenvalue weighted by molar-refractivity contribution is -0.127. The van der Waals surface area contributed by atoms with E-state index in [1.807, 2.05) is 0 Å². The van der Waals surface area contributed by atoms with Crippen LogP contribution < -0.4 is 10.2 Å². The fourth-order valence-electron chi connectivity index (χ4n) is 4.55. The molecule has 1 atom stereocenters. The maximum Gasteiger partial charge on any atom is 0.224 e. The van der Waals surface area contributed by atoms with Gasteiger partial charge in [0.05, 0.1) is 5.92 Å². The van der Waals surface area contributed by atoms with Gasteiger partial charge < -0.3 is 10.2 Å². The van der Waals surface area contributed by atoms with Crippen LogP contribution >= 0.6 is 0 Å². The van der Waals surface area contributed by atoms with E-state index in [4.69, 9.17) is 4.98 Å². The molecule has 28 heavy (non-hydrogen) atoms. The van der Waals surface area contributed by atoms with Gasteiger partial charge in [0, 0.05) is 49.4 Å². The molecule has 0 bridgehead atoms. The summed E-state index contributed by atoms with van der Waals surface area (Å²) in [5.74, 6) is 2.85. The Morgan fingerprint density at radius 2 is 1.86 bits per heavy atom. The Balaban J connectivity index is 1.33. The Morgan fingerprint density at radius 3 is 2.54 bits per heavy atom. The second-order valence-corrected chi connectivity index (χ2v) is 9.22. The predicted molar refractivity (Wildman–Crippen MR) is 112 cm³/mol. The van der Waals surface area contributed by atoms with Crippen LogP contribution in [0.3, 0.4) is 0 Å². The Morgan fingerprint density at radius 1 is 1.11 bits per heavy atom. The number of hydrogen-bond donors (Lipinski definition) is 1. The van der Waals surface area contributed by atoms with Crippen molar-refractivity contribution in [1.82, 2.24) is 20.2 Å². The molecule has 154 valence electrons. The summed E-state index contributed by atoms with van der Waals surface area (Å²) in [6, 6.07) is 3.18. The number of piperidine rings is 2. The summed E-state index contributed by atoms with van der Waals surface area (Å²) in [6.07, 6.45) is 6.83. The molecule has 3 aliphatic rings. The number of hydrogen-bond acceptors (Lipinski definition) is 5. The van der Waals surface area contributed by atoms with Crippen molar-refractivity contribution in [2.45, 2.75) is 77.3 Å². The van der Waals surface area contributed by atoms with E-state index in [9.17, 15) is 4.79 Å². The van der Waals surface area contributed by atoms with Gasteiger partial charge in [0.1, 0.15) is 11.6 Å². The minimum absolute atomic E-state index is 0.186. The quantitative estimate of drug-likeness (QED) is 0.844. The van der Waals surface area contributed by atoms with E-state index in [0.717, 1.165) is 69.2 Å². The average Bonchev–Trinajstić information content (AvgIpc) is 3.51. The van der Waals surface area contributed by atoms with Gasteiger partial charge in [0.25, 0.3) is 0 Å². The molecule has 1 aliphatic carbocycles. The monoisotopic (exact) mass is 385 g/mol. The van der Waals surface area contributed by atoms with Crippen molar-refractivity contribution in [3.8, 4) is 0 Å². The number of rotatable bonds is 5. The van der Waals surface area contributed by atoms with E-state index in [0.29, 0.717) is 23.9 Å². The first-order valence-corrected chi connectivity index (χ1v) is 11.1.